The van der Waals surface area contributed by atoms with Crippen LogP contribution in [0, 0.1) is 0 Å². The van der Waals surface area contributed by atoms with Gasteiger partial charge in [-0.05, 0) is 12.5 Å². The minimum Gasteiger partial charge on any atom is -0.472 e. The number of hydrogen-bond acceptors (Lipinski definition) is 7. The summed E-state index contributed by atoms with van der Waals surface area (Å²) in [5.41, 5.74) is 0.817. The second kappa shape index (κ2) is 5.96. The topological polar surface area (TPSA) is 94.8 Å². The maximum absolute atomic E-state index is 5.27. The lowest BCUT2D eigenvalue weighted by Gasteiger charge is -2.22. The summed E-state index contributed by atoms with van der Waals surface area (Å²) < 4.78 is 12.3. The summed E-state index contributed by atoms with van der Waals surface area (Å²) in [4.78, 5) is 8.89. The first-order chi connectivity index (χ1) is 11.3. The zero-order chi connectivity index (χ0) is 15.6. The first kappa shape index (κ1) is 14.1. The van der Waals surface area contributed by atoms with Crippen LogP contribution in [-0.4, -0.2) is 30.9 Å². The molecule has 0 spiro atoms. The van der Waals surface area contributed by atoms with Gasteiger partial charge in [0.1, 0.15) is 12.1 Å². The molecule has 1 atom stereocenters. The lowest BCUT2D eigenvalue weighted by molar-refractivity contribution is 0.320. The first-order valence-corrected chi connectivity index (χ1v) is 7.83. The van der Waals surface area contributed by atoms with Crippen LogP contribution in [0.5, 0.6) is 0 Å². The van der Waals surface area contributed by atoms with Crippen LogP contribution in [0.4, 0.5) is 0 Å². The smallest absolute Gasteiger partial charge is 0.240 e. The van der Waals surface area contributed by atoms with Gasteiger partial charge in [0.15, 0.2) is 5.82 Å². The third kappa shape index (κ3) is 2.89. The Labute approximate surface area is 132 Å². The molecule has 1 N–H and O–H groups in total. The average Bonchev–Trinajstić information content (AvgIpc) is 3.30. The maximum atomic E-state index is 5.27. The van der Waals surface area contributed by atoms with Crippen molar-refractivity contribution in [1.29, 1.82) is 0 Å². The number of aryl methyl sites for hydroxylation is 2. The largest absolute Gasteiger partial charge is 0.472 e. The number of rotatable bonds is 5. The summed E-state index contributed by atoms with van der Waals surface area (Å²) in [7, 11) is 0. The molecular formula is C15H18N6O2. The number of fused-ring (bicyclic) bond motifs is 1. The predicted octanol–water partition coefficient (Wildman–Crippen LogP) is 1.59. The summed E-state index contributed by atoms with van der Waals surface area (Å²) in [5.74, 6) is 3.12. The fourth-order valence-corrected chi connectivity index (χ4v) is 2.74. The van der Waals surface area contributed by atoms with Crippen LogP contribution < -0.4 is 5.32 Å². The molecule has 8 heteroatoms. The van der Waals surface area contributed by atoms with Crippen molar-refractivity contribution in [2.45, 2.75) is 45.3 Å². The van der Waals surface area contributed by atoms with Crippen LogP contribution >= 0.6 is 0 Å². The molecule has 0 aliphatic carbocycles. The lowest BCUT2D eigenvalue weighted by atomic mass is 10.1. The Morgan fingerprint density at radius 3 is 3.17 bits per heavy atom. The van der Waals surface area contributed by atoms with Crippen molar-refractivity contribution in [3.63, 3.8) is 0 Å². The fraction of sp³-hybridized carbons (Fsp3) is 0.467. The van der Waals surface area contributed by atoms with Gasteiger partial charge in [0, 0.05) is 18.9 Å². The van der Waals surface area contributed by atoms with E-state index in [2.05, 4.69) is 32.5 Å². The summed E-state index contributed by atoms with van der Waals surface area (Å²) in [6, 6.07) is 2.14. The molecule has 0 amide bonds. The van der Waals surface area contributed by atoms with Gasteiger partial charge in [-0.2, -0.15) is 10.1 Å². The third-order valence-corrected chi connectivity index (χ3v) is 4.01. The average molecular weight is 314 g/mol. The monoisotopic (exact) mass is 314 g/mol. The second-order valence-electron chi connectivity index (χ2n) is 5.62. The van der Waals surface area contributed by atoms with E-state index in [1.165, 1.54) is 0 Å². The lowest BCUT2D eigenvalue weighted by Crippen LogP contribution is -2.37. The second-order valence-corrected chi connectivity index (χ2v) is 5.62. The van der Waals surface area contributed by atoms with Crippen LogP contribution in [0.2, 0.25) is 0 Å². The molecule has 1 aliphatic heterocycles. The van der Waals surface area contributed by atoms with Crippen molar-refractivity contribution in [1.82, 2.24) is 30.2 Å². The molecular weight excluding hydrogens is 296 g/mol. The maximum Gasteiger partial charge on any atom is 0.240 e. The number of nitrogens with one attached hydrogen (secondary N) is 1. The van der Waals surface area contributed by atoms with Crippen LogP contribution in [0.3, 0.4) is 0 Å². The molecule has 0 unspecified atom stereocenters. The van der Waals surface area contributed by atoms with E-state index in [-0.39, 0.29) is 0 Å². The highest BCUT2D eigenvalue weighted by Crippen LogP contribution is 2.17. The number of hydrogen-bond donors (Lipinski definition) is 1. The molecule has 0 aromatic carbocycles. The van der Waals surface area contributed by atoms with E-state index < -0.39 is 0 Å². The molecule has 3 aromatic rings. The van der Waals surface area contributed by atoms with Crippen LogP contribution in [0.15, 0.2) is 27.5 Å². The number of furan rings is 1. The summed E-state index contributed by atoms with van der Waals surface area (Å²) in [5, 5.41) is 11.9. The van der Waals surface area contributed by atoms with Crippen molar-refractivity contribution >= 4 is 0 Å². The number of nitrogens with zero attached hydrogens (tertiary/aromatic N) is 5. The van der Waals surface area contributed by atoms with E-state index >= 15 is 0 Å². The van der Waals surface area contributed by atoms with Gasteiger partial charge in [-0.15, -0.1) is 0 Å². The minimum atomic E-state index is 0.332. The van der Waals surface area contributed by atoms with Gasteiger partial charge >= 0.3 is 0 Å². The first-order valence-electron chi connectivity index (χ1n) is 7.83. The normalized spacial score (nSPS) is 17.3. The van der Waals surface area contributed by atoms with Gasteiger partial charge in [0.2, 0.25) is 11.7 Å². The van der Waals surface area contributed by atoms with Gasteiger partial charge in [-0.3, -0.25) is 0 Å². The standard InChI is InChI=1S/C15H18N6O2/c1-2-12-17-13-4-3-11(8-21(13)19-12)16-7-14-18-15(20-23-14)10-5-6-22-9-10/h5-6,9,11,16H,2-4,7-8H2,1H3/t11-/m0/s1. The van der Waals surface area contributed by atoms with Gasteiger partial charge in [0.25, 0.3) is 0 Å². The van der Waals surface area contributed by atoms with Crippen LogP contribution in [0.1, 0.15) is 30.9 Å². The number of aromatic nitrogens is 5. The van der Waals surface area contributed by atoms with E-state index in [9.17, 15) is 0 Å². The summed E-state index contributed by atoms with van der Waals surface area (Å²) in [6.45, 7) is 3.44. The molecule has 120 valence electrons. The minimum absolute atomic E-state index is 0.332. The Balaban J connectivity index is 1.36. The molecule has 4 heterocycles. The molecule has 0 fully saturated rings. The third-order valence-electron chi connectivity index (χ3n) is 4.01. The zero-order valence-electron chi connectivity index (χ0n) is 12.9. The van der Waals surface area contributed by atoms with Crippen molar-refractivity contribution in [3.8, 4) is 11.4 Å². The van der Waals surface area contributed by atoms with Crippen LogP contribution in [0.25, 0.3) is 11.4 Å². The summed E-state index contributed by atoms with van der Waals surface area (Å²) in [6.07, 6.45) is 6.03. The van der Waals surface area contributed by atoms with E-state index in [4.69, 9.17) is 8.94 Å². The van der Waals surface area contributed by atoms with E-state index in [1.54, 1.807) is 18.6 Å². The Morgan fingerprint density at radius 2 is 2.35 bits per heavy atom. The van der Waals surface area contributed by atoms with Gasteiger partial charge < -0.3 is 14.3 Å². The molecule has 0 radical (unpaired) electrons. The molecule has 1 aliphatic rings. The fourth-order valence-electron chi connectivity index (χ4n) is 2.74. The molecule has 23 heavy (non-hydrogen) atoms. The molecule has 8 nitrogen and oxygen atoms in total. The highest BCUT2D eigenvalue weighted by atomic mass is 16.5. The quantitative estimate of drug-likeness (QED) is 0.764. The van der Waals surface area contributed by atoms with Gasteiger partial charge in [0.05, 0.1) is 24.9 Å². The molecule has 0 saturated heterocycles. The molecule has 4 rings (SSSR count). The van der Waals surface area contributed by atoms with Gasteiger partial charge in [-0.25, -0.2) is 9.67 Å². The SMILES string of the molecule is CCc1nc2n(n1)C[C@@H](NCc1nc(-c3ccoc3)no1)CC2. The zero-order valence-corrected chi connectivity index (χ0v) is 12.9. The van der Waals surface area contributed by atoms with Gasteiger partial charge in [-0.1, -0.05) is 12.1 Å². The van der Waals surface area contributed by atoms with Crippen molar-refractivity contribution < 1.29 is 8.94 Å². The molecule has 0 saturated carbocycles. The van der Waals surface area contributed by atoms with Crippen molar-refractivity contribution in [2.24, 2.45) is 0 Å². The van der Waals surface area contributed by atoms with E-state index in [1.807, 2.05) is 4.68 Å². The molecule has 3 aromatic heterocycles. The Morgan fingerprint density at radius 1 is 1.39 bits per heavy atom. The van der Waals surface area contributed by atoms with E-state index in [0.717, 1.165) is 43.0 Å². The highest BCUT2D eigenvalue weighted by Gasteiger charge is 2.21. The summed E-state index contributed by atoms with van der Waals surface area (Å²) >= 11 is 0. The Hall–Kier alpha value is -2.48. The molecule has 0 bridgehead atoms. The van der Waals surface area contributed by atoms with Crippen LogP contribution in [-0.2, 0) is 25.9 Å². The van der Waals surface area contributed by atoms with Crippen molar-refractivity contribution in [2.75, 3.05) is 0 Å². The van der Waals surface area contributed by atoms with Crippen molar-refractivity contribution in [3.05, 3.63) is 36.1 Å². The highest BCUT2D eigenvalue weighted by molar-refractivity contribution is 5.51. The van der Waals surface area contributed by atoms with E-state index in [0.29, 0.717) is 24.3 Å². The predicted molar refractivity (Wildman–Crippen MR) is 80.3 cm³/mol. The Bertz CT molecular complexity index is 776. The Kier molecular flexibility index (Phi) is 3.66.